The Bertz CT molecular complexity index is 173. The lowest BCUT2D eigenvalue weighted by Crippen LogP contribution is -2.18. The molecule has 0 saturated carbocycles. The maximum atomic E-state index is 9.00. The number of carbonyl (C=O) groups excluding carboxylic acids is 1. The summed E-state index contributed by atoms with van der Waals surface area (Å²) in [5, 5.41) is 0. The maximum absolute atomic E-state index is 9.00. The van der Waals surface area contributed by atoms with Crippen LogP contribution in [0.15, 0.2) is 12.7 Å². The molecule has 0 unspecified atom stereocenters. The molecule has 5 heteroatoms. The number of primary amides is 2. The highest BCUT2D eigenvalue weighted by atomic mass is 16.7. The lowest BCUT2D eigenvalue weighted by molar-refractivity contribution is -0.112. The van der Waals surface area contributed by atoms with Gasteiger partial charge in [0.25, 0.3) is 0 Å². The van der Waals surface area contributed by atoms with E-state index in [1.807, 2.05) is 0 Å². The Morgan fingerprint density at radius 2 is 1.53 bits per heavy atom. The van der Waals surface area contributed by atoms with Crippen LogP contribution in [0.1, 0.15) is 39.5 Å². The van der Waals surface area contributed by atoms with E-state index < -0.39 is 6.03 Å². The molecule has 0 aromatic heterocycles. The van der Waals surface area contributed by atoms with E-state index in [0.717, 1.165) is 38.9 Å². The Kier molecular flexibility index (Phi) is 16.1. The van der Waals surface area contributed by atoms with Gasteiger partial charge in [-0.3, -0.25) is 0 Å². The van der Waals surface area contributed by atoms with Gasteiger partial charge in [0, 0.05) is 0 Å². The molecule has 0 aliphatic heterocycles. The van der Waals surface area contributed by atoms with E-state index >= 15 is 0 Å². The Morgan fingerprint density at radius 1 is 1.18 bits per heavy atom. The van der Waals surface area contributed by atoms with Crippen LogP contribution < -0.4 is 11.5 Å². The first kappa shape index (κ1) is 18.3. The number of amides is 2. The van der Waals surface area contributed by atoms with Crippen molar-refractivity contribution in [1.82, 2.24) is 0 Å². The number of hydrogen-bond donors (Lipinski definition) is 2. The molecule has 0 bridgehead atoms. The SMILES string of the molecule is C=CC(OCCCC)OCCCC.NC(N)=O. The summed E-state index contributed by atoms with van der Waals surface area (Å²) in [6.45, 7) is 9.48. The van der Waals surface area contributed by atoms with Gasteiger partial charge in [0.15, 0.2) is 6.29 Å². The lowest BCUT2D eigenvalue weighted by Gasteiger charge is -2.14. The quantitative estimate of drug-likeness (QED) is 0.371. The van der Waals surface area contributed by atoms with E-state index in [1.165, 1.54) is 0 Å². The topological polar surface area (TPSA) is 87.6 Å². The molecule has 0 aromatic carbocycles. The molecule has 0 atom stereocenters. The molecule has 0 spiro atoms. The second-order valence-corrected chi connectivity index (χ2v) is 3.46. The molecular weight excluding hydrogens is 220 g/mol. The summed E-state index contributed by atoms with van der Waals surface area (Å²) in [7, 11) is 0. The first-order valence-corrected chi connectivity index (χ1v) is 5.99. The number of unbranched alkanes of at least 4 members (excludes halogenated alkanes) is 2. The molecule has 0 aliphatic rings. The van der Waals surface area contributed by atoms with Crippen LogP contribution in [0.2, 0.25) is 0 Å². The van der Waals surface area contributed by atoms with Gasteiger partial charge in [-0.2, -0.15) is 0 Å². The van der Waals surface area contributed by atoms with E-state index in [2.05, 4.69) is 31.9 Å². The minimum Gasteiger partial charge on any atom is -0.352 e. The lowest BCUT2D eigenvalue weighted by atomic mass is 10.3. The largest absolute Gasteiger partial charge is 0.352 e. The zero-order chi connectivity index (χ0) is 13.5. The van der Waals surface area contributed by atoms with E-state index in [4.69, 9.17) is 14.3 Å². The van der Waals surface area contributed by atoms with Crippen LogP contribution in [0.3, 0.4) is 0 Å². The van der Waals surface area contributed by atoms with Crippen molar-refractivity contribution in [1.29, 1.82) is 0 Å². The standard InChI is InChI=1S/C11H22O2.CH4N2O/c1-4-7-9-12-11(6-3)13-10-8-5-2;2-1(3)4/h6,11H,3-5,7-10H2,1-2H3;(H4,2,3,4). The summed E-state index contributed by atoms with van der Waals surface area (Å²) in [5.74, 6) is 0. The Balaban J connectivity index is 0. The first-order chi connectivity index (χ1) is 8.08. The fourth-order valence-electron chi connectivity index (χ4n) is 0.872. The summed E-state index contributed by atoms with van der Waals surface area (Å²) in [6.07, 6.45) is 5.98. The van der Waals surface area contributed by atoms with Crippen molar-refractivity contribution in [3.63, 3.8) is 0 Å². The van der Waals surface area contributed by atoms with Gasteiger partial charge in [0.2, 0.25) is 0 Å². The highest BCUT2D eigenvalue weighted by Gasteiger charge is 2.02. The summed E-state index contributed by atoms with van der Waals surface area (Å²) in [6, 6.07) is -0.833. The van der Waals surface area contributed by atoms with Crippen molar-refractivity contribution in [3.05, 3.63) is 12.7 Å². The molecule has 0 saturated heterocycles. The third-order valence-corrected chi connectivity index (χ3v) is 1.75. The number of carbonyl (C=O) groups is 1. The van der Waals surface area contributed by atoms with Crippen molar-refractivity contribution >= 4 is 6.03 Å². The van der Waals surface area contributed by atoms with E-state index in [9.17, 15) is 0 Å². The van der Waals surface area contributed by atoms with Crippen molar-refractivity contribution in [2.75, 3.05) is 13.2 Å². The van der Waals surface area contributed by atoms with Gasteiger partial charge in [-0.25, -0.2) is 4.79 Å². The van der Waals surface area contributed by atoms with Gasteiger partial charge in [-0.05, 0) is 18.9 Å². The average Bonchev–Trinajstić information content (AvgIpc) is 2.27. The van der Waals surface area contributed by atoms with Gasteiger partial charge in [0.1, 0.15) is 0 Å². The van der Waals surface area contributed by atoms with E-state index in [1.54, 1.807) is 6.08 Å². The van der Waals surface area contributed by atoms with Crippen molar-refractivity contribution in [2.24, 2.45) is 11.5 Å². The normalized spacial score (nSPS) is 9.59. The van der Waals surface area contributed by atoms with Gasteiger partial charge in [-0.1, -0.05) is 33.3 Å². The molecule has 0 radical (unpaired) electrons. The van der Waals surface area contributed by atoms with Gasteiger partial charge in [-0.15, -0.1) is 0 Å². The monoisotopic (exact) mass is 246 g/mol. The Labute approximate surface area is 104 Å². The van der Waals surface area contributed by atoms with Crippen molar-refractivity contribution in [3.8, 4) is 0 Å². The van der Waals surface area contributed by atoms with Crippen molar-refractivity contribution < 1.29 is 14.3 Å². The molecular formula is C12H26N2O3. The van der Waals surface area contributed by atoms with Crippen LogP contribution in [0.25, 0.3) is 0 Å². The highest BCUT2D eigenvalue weighted by Crippen LogP contribution is 2.00. The number of nitrogens with two attached hydrogens (primary N) is 2. The molecule has 0 aromatic rings. The minimum absolute atomic E-state index is 0.210. The maximum Gasteiger partial charge on any atom is 0.309 e. The van der Waals surface area contributed by atoms with Gasteiger partial charge >= 0.3 is 6.03 Å². The fraction of sp³-hybridized carbons (Fsp3) is 0.750. The molecule has 102 valence electrons. The molecule has 0 fully saturated rings. The second kappa shape index (κ2) is 14.9. The Hall–Kier alpha value is -1.07. The molecule has 0 rings (SSSR count). The van der Waals surface area contributed by atoms with Crippen molar-refractivity contribution in [2.45, 2.75) is 45.8 Å². The minimum atomic E-state index is -0.833. The van der Waals surface area contributed by atoms with Crippen LogP contribution in [0.5, 0.6) is 0 Å². The Morgan fingerprint density at radius 3 is 1.76 bits per heavy atom. The molecule has 5 nitrogen and oxygen atoms in total. The second-order valence-electron chi connectivity index (χ2n) is 3.46. The highest BCUT2D eigenvalue weighted by molar-refractivity contribution is 5.69. The third-order valence-electron chi connectivity index (χ3n) is 1.75. The molecule has 2 amide bonds. The molecule has 17 heavy (non-hydrogen) atoms. The number of hydrogen-bond acceptors (Lipinski definition) is 3. The van der Waals surface area contributed by atoms with Crippen LogP contribution in [-0.4, -0.2) is 25.5 Å². The van der Waals surface area contributed by atoms with Crippen LogP contribution in [0, 0.1) is 0 Å². The molecule has 0 aliphatic carbocycles. The summed E-state index contributed by atoms with van der Waals surface area (Å²) < 4.78 is 10.9. The molecule has 0 heterocycles. The fourth-order valence-corrected chi connectivity index (χ4v) is 0.872. The summed E-state index contributed by atoms with van der Waals surface area (Å²) in [5.41, 5.74) is 8.50. The molecule has 4 N–H and O–H groups in total. The van der Waals surface area contributed by atoms with E-state index in [0.29, 0.717) is 0 Å². The number of rotatable bonds is 9. The number of ether oxygens (including phenoxy) is 2. The van der Waals surface area contributed by atoms with Gasteiger partial charge in [0.05, 0.1) is 13.2 Å². The van der Waals surface area contributed by atoms with Crippen LogP contribution in [-0.2, 0) is 9.47 Å². The average molecular weight is 246 g/mol. The zero-order valence-corrected chi connectivity index (χ0v) is 11.0. The van der Waals surface area contributed by atoms with Crippen LogP contribution >= 0.6 is 0 Å². The predicted molar refractivity (Wildman–Crippen MR) is 69.5 cm³/mol. The third kappa shape index (κ3) is 20.9. The van der Waals surface area contributed by atoms with Crippen LogP contribution in [0.4, 0.5) is 4.79 Å². The summed E-state index contributed by atoms with van der Waals surface area (Å²) >= 11 is 0. The van der Waals surface area contributed by atoms with Gasteiger partial charge < -0.3 is 20.9 Å². The summed E-state index contributed by atoms with van der Waals surface area (Å²) in [4.78, 5) is 9.00. The number of urea groups is 1. The predicted octanol–water partition coefficient (Wildman–Crippen LogP) is 2.16. The smallest absolute Gasteiger partial charge is 0.309 e. The van der Waals surface area contributed by atoms with E-state index in [-0.39, 0.29) is 6.29 Å². The first-order valence-electron chi connectivity index (χ1n) is 5.99. The zero-order valence-electron chi connectivity index (χ0n) is 11.0.